The van der Waals surface area contributed by atoms with E-state index < -0.39 is 0 Å². The molecule has 2 aromatic heterocycles. The highest BCUT2D eigenvalue weighted by atomic mass is 16.5. The number of amides is 1. The van der Waals surface area contributed by atoms with E-state index in [9.17, 15) is 4.79 Å². The maximum atomic E-state index is 12.7. The van der Waals surface area contributed by atoms with Crippen LogP contribution in [-0.2, 0) is 24.4 Å². The topological polar surface area (TPSA) is 89.1 Å². The van der Waals surface area contributed by atoms with Gasteiger partial charge in [-0.1, -0.05) is 59.8 Å². The lowest BCUT2D eigenvalue weighted by atomic mass is 9.96. The van der Waals surface area contributed by atoms with Crippen LogP contribution in [0, 0.1) is 12.8 Å². The van der Waals surface area contributed by atoms with Gasteiger partial charge < -0.3 is 14.4 Å². The van der Waals surface area contributed by atoms with E-state index in [-0.39, 0.29) is 11.8 Å². The number of hydrogen-bond acceptors (Lipinski definition) is 6. The van der Waals surface area contributed by atoms with Crippen LogP contribution in [0.25, 0.3) is 11.4 Å². The lowest BCUT2D eigenvalue weighted by Crippen LogP contribution is -2.40. The van der Waals surface area contributed by atoms with Gasteiger partial charge in [-0.2, -0.15) is 4.98 Å². The van der Waals surface area contributed by atoms with Gasteiger partial charge in [0.1, 0.15) is 5.82 Å². The number of piperidine rings is 1. The first kappa shape index (κ1) is 23.0. The fourth-order valence-corrected chi connectivity index (χ4v) is 4.43. The largest absolute Gasteiger partial charge is 0.352 e. The SMILES string of the molecule is Cc1nccn1Cc1ccc(CNC(=O)C2CCN(Cc3nc(-c4ccccc4)no3)CC2)cc1. The van der Waals surface area contributed by atoms with Gasteiger partial charge in [0.05, 0.1) is 6.54 Å². The zero-order valence-electron chi connectivity index (χ0n) is 19.9. The van der Waals surface area contributed by atoms with Crippen molar-refractivity contribution in [1.29, 1.82) is 0 Å². The van der Waals surface area contributed by atoms with Crippen molar-refractivity contribution in [2.45, 2.75) is 39.4 Å². The van der Waals surface area contributed by atoms with Crippen molar-refractivity contribution in [3.8, 4) is 11.4 Å². The highest BCUT2D eigenvalue weighted by Crippen LogP contribution is 2.21. The van der Waals surface area contributed by atoms with Crippen LogP contribution in [-0.4, -0.2) is 43.6 Å². The molecule has 1 N–H and O–H groups in total. The van der Waals surface area contributed by atoms with E-state index in [0.29, 0.717) is 24.8 Å². The van der Waals surface area contributed by atoms with Crippen molar-refractivity contribution in [2.24, 2.45) is 5.92 Å². The van der Waals surface area contributed by atoms with Crippen molar-refractivity contribution >= 4 is 5.91 Å². The van der Waals surface area contributed by atoms with Gasteiger partial charge in [0.25, 0.3) is 0 Å². The molecule has 8 nitrogen and oxygen atoms in total. The smallest absolute Gasteiger partial charge is 0.241 e. The molecule has 0 atom stereocenters. The quantitative estimate of drug-likeness (QED) is 0.421. The molecule has 8 heteroatoms. The second kappa shape index (κ2) is 10.7. The number of benzene rings is 2. The van der Waals surface area contributed by atoms with Gasteiger partial charge in [-0.25, -0.2) is 4.98 Å². The van der Waals surface area contributed by atoms with Crippen molar-refractivity contribution in [1.82, 2.24) is 29.9 Å². The van der Waals surface area contributed by atoms with Crippen molar-refractivity contribution in [3.63, 3.8) is 0 Å². The number of rotatable bonds is 8. The van der Waals surface area contributed by atoms with Crippen LogP contribution in [0.1, 0.15) is 35.7 Å². The Balaban J connectivity index is 1.05. The molecule has 1 fully saturated rings. The first-order chi connectivity index (χ1) is 17.1. The van der Waals surface area contributed by atoms with Crippen molar-refractivity contribution in [2.75, 3.05) is 13.1 Å². The predicted octanol–water partition coefficient (Wildman–Crippen LogP) is 3.82. The lowest BCUT2D eigenvalue weighted by Gasteiger charge is -2.30. The van der Waals surface area contributed by atoms with Crippen LogP contribution < -0.4 is 5.32 Å². The molecule has 1 saturated heterocycles. The number of nitrogens with zero attached hydrogens (tertiary/aromatic N) is 5. The molecule has 1 aliphatic rings. The lowest BCUT2D eigenvalue weighted by molar-refractivity contribution is -0.126. The van der Waals surface area contributed by atoms with Gasteiger partial charge >= 0.3 is 0 Å². The standard InChI is InChI=1S/C27H30N6O2/c1-20-28-13-16-33(20)18-22-9-7-21(8-10-22)17-29-27(34)24-11-14-32(15-12-24)19-25-30-26(31-35-25)23-5-3-2-4-6-23/h2-10,13,16,24H,11-12,14-15,17-19H2,1H3,(H,29,34). The van der Waals surface area contributed by atoms with E-state index in [1.165, 1.54) is 5.56 Å². The van der Waals surface area contributed by atoms with Crippen LogP contribution in [0.4, 0.5) is 0 Å². The summed E-state index contributed by atoms with van der Waals surface area (Å²) in [6.07, 6.45) is 5.46. The van der Waals surface area contributed by atoms with Gasteiger partial charge in [-0.05, 0) is 44.0 Å². The Kier molecular flexibility index (Phi) is 6.99. The number of imidazole rings is 1. The number of hydrogen-bond donors (Lipinski definition) is 1. The van der Waals surface area contributed by atoms with Crippen LogP contribution in [0.5, 0.6) is 0 Å². The highest BCUT2D eigenvalue weighted by Gasteiger charge is 2.26. The van der Waals surface area contributed by atoms with Gasteiger partial charge in [0.2, 0.25) is 17.6 Å². The van der Waals surface area contributed by atoms with Crippen molar-refractivity contribution in [3.05, 3.63) is 89.8 Å². The molecule has 0 radical (unpaired) electrons. The molecule has 5 rings (SSSR count). The third kappa shape index (κ3) is 5.84. The normalized spacial score (nSPS) is 14.8. The summed E-state index contributed by atoms with van der Waals surface area (Å²) >= 11 is 0. The van der Waals surface area contributed by atoms with E-state index in [0.717, 1.165) is 49.4 Å². The second-order valence-corrected chi connectivity index (χ2v) is 9.06. The molecule has 4 aromatic rings. The maximum Gasteiger partial charge on any atom is 0.241 e. The predicted molar refractivity (Wildman–Crippen MR) is 132 cm³/mol. The summed E-state index contributed by atoms with van der Waals surface area (Å²) in [5.41, 5.74) is 3.26. The van der Waals surface area contributed by atoms with Crippen LogP contribution >= 0.6 is 0 Å². The van der Waals surface area contributed by atoms with E-state index in [4.69, 9.17) is 4.52 Å². The molecule has 1 amide bonds. The summed E-state index contributed by atoms with van der Waals surface area (Å²) in [6.45, 7) is 5.63. The van der Waals surface area contributed by atoms with Crippen molar-refractivity contribution < 1.29 is 9.32 Å². The Hall–Kier alpha value is -3.78. The molecule has 0 unspecified atom stereocenters. The minimum atomic E-state index is 0.0392. The minimum Gasteiger partial charge on any atom is -0.352 e. The van der Waals surface area contributed by atoms with E-state index in [2.05, 4.69) is 54.2 Å². The van der Waals surface area contributed by atoms with E-state index >= 15 is 0 Å². The first-order valence-electron chi connectivity index (χ1n) is 12.1. The maximum absolute atomic E-state index is 12.7. The third-order valence-corrected chi connectivity index (χ3v) is 6.58. The number of carbonyl (C=O) groups excluding carboxylic acids is 1. The zero-order chi connectivity index (χ0) is 24.0. The summed E-state index contributed by atoms with van der Waals surface area (Å²) in [5.74, 6) is 2.39. The number of aryl methyl sites for hydroxylation is 1. The second-order valence-electron chi connectivity index (χ2n) is 9.06. The number of nitrogens with one attached hydrogen (secondary N) is 1. The van der Waals surface area contributed by atoms with Gasteiger partial charge in [0, 0.05) is 37.0 Å². The molecule has 2 aromatic carbocycles. The van der Waals surface area contributed by atoms with Gasteiger partial charge in [-0.3, -0.25) is 9.69 Å². The molecule has 180 valence electrons. The molecule has 0 saturated carbocycles. The molecular formula is C27H30N6O2. The molecule has 0 aliphatic carbocycles. The summed E-state index contributed by atoms with van der Waals surface area (Å²) in [4.78, 5) is 23.8. The molecule has 0 bridgehead atoms. The Bertz CT molecular complexity index is 1240. The molecule has 0 spiro atoms. The Morgan fingerprint density at radius 2 is 1.77 bits per heavy atom. The van der Waals surface area contributed by atoms with Crippen LogP contribution in [0.15, 0.2) is 71.5 Å². The molecular weight excluding hydrogens is 440 g/mol. The summed E-state index contributed by atoms with van der Waals surface area (Å²) in [5, 5.41) is 7.21. The van der Waals surface area contributed by atoms with Gasteiger partial charge in [0.15, 0.2) is 0 Å². The average molecular weight is 471 g/mol. The number of likely N-dealkylation sites (tertiary alicyclic amines) is 1. The monoisotopic (exact) mass is 470 g/mol. The highest BCUT2D eigenvalue weighted by molar-refractivity contribution is 5.78. The Morgan fingerprint density at radius 3 is 2.49 bits per heavy atom. The number of carbonyl (C=O) groups is 1. The van der Waals surface area contributed by atoms with E-state index in [1.807, 2.05) is 49.6 Å². The van der Waals surface area contributed by atoms with Crippen LogP contribution in [0.3, 0.4) is 0 Å². The number of aromatic nitrogens is 4. The fraction of sp³-hybridized carbons (Fsp3) is 0.333. The first-order valence-corrected chi connectivity index (χ1v) is 12.1. The van der Waals surface area contributed by atoms with Crippen LogP contribution in [0.2, 0.25) is 0 Å². The van der Waals surface area contributed by atoms with E-state index in [1.54, 1.807) is 0 Å². The Labute approximate surface area is 205 Å². The fourth-order valence-electron chi connectivity index (χ4n) is 4.43. The third-order valence-electron chi connectivity index (χ3n) is 6.58. The Morgan fingerprint density at radius 1 is 1.03 bits per heavy atom. The summed E-state index contributed by atoms with van der Waals surface area (Å²) < 4.78 is 7.56. The summed E-state index contributed by atoms with van der Waals surface area (Å²) in [7, 11) is 0. The summed E-state index contributed by atoms with van der Waals surface area (Å²) in [6, 6.07) is 18.2. The minimum absolute atomic E-state index is 0.0392. The average Bonchev–Trinajstić information content (AvgIpc) is 3.53. The molecule has 1 aliphatic heterocycles. The molecule has 35 heavy (non-hydrogen) atoms. The molecule has 3 heterocycles. The van der Waals surface area contributed by atoms with Gasteiger partial charge in [-0.15, -0.1) is 0 Å². The zero-order valence-corrected chi connectivity index (χ0v) is 19.9.